The van der Waals surface area contributed by atoms with E-state index in [9.17, 15) is 18.3 Å². The van der Waals surface area contributed by atoms with Gasteiger partial charge in [0, 0.05) is 31.7 Å². The van der Waals surface area contributed by atoms with Crippen molar-refractivity contribution in [2.24, 2.45) is 0 Å². The minimum Gasteiger partial charge on any atom is -0.496 e. The third kappa shape index (κ3) is 3.66. The van der Waals surface area contributed by atoms with Crippen LogP contribution in [-0.2, 0) is 6.18 Å². The van der Waals surface area contributed by atoms with Gasteiger partial charge in [0.05, 0.1) is 25.3 Å². The topological polar surface area (TPSA) is 44.7 Å². The summed E-state index contributed by atoms with van der Waals surface area (Å²) in [5, 5.41) is 12.8. The molecule has 0 radical (unpaired) electrons. The Balaban J connectivity index is 2.32. The lowest BCUT2D eigenvalue weighted by Crippen LogP contribution is -2.46. The van der Waals surface area contributed by atoms with Crippen molar-refractivity contribution in [3.05, 3.63) is 29.3 Å². The normalized spacial score (nSPS) is 18.5. The number of hydrogen-bond acceptors (Lipinski definition) is 4. The highest BCUT2D eigenvalue weighted by Gasteiger charge is 2.32. The highest BCUT2D eigenvalue weighted by Crippen LogP contribution is 2.36. The molecule has 0 amide bonds. The molecule has 21 heavy (non-hydrogen) atoms. The number of nitrogens with one attached hydrogen (secondary N) is 1. The molecule has 1 atom stereocenters. The standard InChI is InChI=1S/C14H19F3N2O2/c1-21-13-8-10(14(15,16)17)2-3-11(13)12(9-20)19-6-4-18-5-7-19/h2-3,8,12,18,20H,4-7,9H2,1H3/t12-/m0/s1. The predicted octanol–water partition coefficient (Wildman–Crippen LogP) is 1.65. The minimum absolute atomic E-state index is 0.155. The molecular formula is C14H19F3N2O2. The minimum atomic E-state index is -4.41. The van der Waals surface area contributed by atoms with E-state index >= 15 is 0 Å². The maximum absolute atomic E-state index is 12.7. The Morgan fingerprint density at radius 3 is 2.52 bits per heavy atom. The molecule has 0 aliphatic carbocycles. The van der Waals surface area contributed by atoms with Gasteiger partial charge in [0.15, 0.2) is 0 Å². The second-order valence-electron chi connectivity index (χ2n) is 4.94. The molecule has 0 aromatic heterocycles. The largest absolute Gasteiger partial charge is 0.496 e. The number of piperazine rings is 1. The highest BCUT2D eigenvalue weighted by molar-refractivity contribution is 5.41. The number of halogens is 3. The molecule has 0 saturated carbocycles. The lowest BCUT2D eigenvalue weighted by Gasteiger charge is -2.34. The van der Waals surface area contributed by atoms with Crippen LogP contribution < -0.4 is 10.1 Å². The zero-order chi connectivity index (χ0) is 15.5. The summed E-state index contributed by atoms with van der Waals surface area (Å²) in [5.74, 6) is 0.155. The fourth-order valence-corrected chi connectivity index (χ4v) is 2.57. The van der Waals surface area contributed by atoms with E-state index in [0.717, 1.165) is 38.3 Å². The first-order chi connectivity index (χ1) is 9.97. The van der Waals surface area contributed by atoms with E-state index in [1.165, 1.54) is 13.2 Å². The van der Waals surface area contributed by atoms with Crippen LogP contribution in [0.5, 0.6) is 5.75 Å². The van der Waals surface area contributed by atoms with E-state index in [0.29, 0.717) is 5.56 Å². The van der Waals surface area contributed by atoms with Crippen molar-refractivity contribution in [2.75, 3.05) is 39.9 Å². The Bertz CT molecular complexity index is 474. The second-order valence-corrected chi connectivity index (χ2v) is 4.94. The zero-order valence-electron chi connectivity index (χ0n) is 11.8. The maximum Gasteiger partial charge on any atom is 0.416 e. The number of hydrogen-bond donors (Lipinski definition) is 2. The molecule has 1 saturated heterocycles. The number of nitrogens with zero attached hydrogens (tertiary/aromatic N) is 1. The summed E-state index contributed by atoms with van der Waals surface area (Å²) >= 11 is 0. The van der Waals surface area contributed by atoms with Gasteiger partial charge in [-0.05, 0) is 12.1 Å². The van der Waals surface area contributed by atoms with E-state index < -0.39 is 11.7 Å². The van der Waals surface area contributed by atoms with E-state index in [-0.39, 0.29) is 18.4 Å². The van der Waals surface area contributed by atoms with Crippen molar-refractivity contribution in [3.63, 3.8) is 0 Å². The van der Waals surface area contributed by atoms with Crippen LogP contribution in [0.15, 0.2) is 18.2 Å². The fraction of sp³-hybridized carbons (Fsp3) is 0.571. The average molecular weight is 304 g/mol. The summed E-state index contributed by atoms with van der Waals surface area (Å²) in [6.45, 7) is 2.88. The quantitative estimate of drug-likeness (QED) is 0.888. The summed E-state index contributed by atoms with van der Waals surface area (Å²) in [5.41, 5.74) is -0.171. The molecule has 2 rings (SSSR count). The van der Waals surface area contributed by atoms with Gasteiger partial charge in [-0.2, -0.15) is 13.2 Å². The van der Waals surface area contributed by atoms with Crippen LogP contribution in [0.4, 0.5) is 13.2 Å². The van der Waals surface area contributed by atoms with E-state index in [4.69, 9.17) is 4.74 Å². The zero-order valence-corrected chi connectivity index (χ0v) is 11.8. The van der Waals surface area contributed by atoms with Gasteiger partial charge in [0.25, 0.3) is 0 Å². The van der Waals surface area contributed by atoms with Crippen molar-refractivity contribution < 1.29 is 23.0 Å². The number of aliphatic hydroxyl groups is 1. The van der Waals surface area contributed by atoms with E-state index in [2.05, 4.69) is 5.32 Å². The third-order valence-electron chi connectivity index (χ3n) is 3.69. The molecular weight excluding hydrogens is 285 g/mol. The van der Waals surface area contributed by atoms with Gasteiger partial charge in [0.1, 0.15) is 5.75 Å². The predicted molar refractivity (Wildman–Crippen MR) is 72.3 cm³/mol. The van der Waals surface area contributed by atoms with Crippen molar-refractivity contribution in [1.29, 1.82) is 0 Å². The molecule has 0 unspecified atom stereocenters. The Labute approximate surface area is 121 Å². The SMILES string of the molecule is COc1cc(C(F)(F)F)ccc1[C@H](CO)N1CCNCC1. The number of rotatable bonds is 4. The lowest BCUT2D eigenvalue weighted by molar-refractivity contribution is -0.137. The summed E-state index contributed by atoms with van der Waals surface area (Å²) in [4.78, 5) is 2.04. The molecule has 1 aromatic carbocycles. The first-order valence-corrected chi connectivity index (χ1v) is 6.78. The van der Waals surface area contributed by atoms with Crippen molar-refractivity contribution in [1.82, 2.24) is 10.2 Å². The van der Waals surface area contributed by atoms with Gasteiger partial charge in [-0.1, -0.05) is 6.07 Å². The first-order valence-electron chi connectivity index (χ1n) is 6.78. The van der Waals surface area contributed by atoms with Crippen LogP contribution in [-0.4, -0.2) is 49.9 Å². The van der Waals surface area contributed by atoms with Crippen LogP contribution in [0.25, 0.3) is 0 Å². The van der Waals surface area contributed by atoms with Gasteiger partial charge in [-0.25, -0.2) is 0 Å². The molecule has 1 aliphatic heterocycles. The number of ether oxygens (including phenoxy) is 1. The van der Waals surface area contributed by atoms with Crippen molar-refractivity contribution in [3.8, 4) is 5.75 Å². The Hall–Kier alpha value is -1.31. The molecule has 1 heterocycles. The average Bonchev–Trinajstić information content (AvgIpc) is 2.48. The molecule has 0 bridgehead atoms. The first kappa shape index (κ1) is 16.1. The molecule has 4 nitrogen and oxygen atoms in total. The molecule has 7 heteroatoms. The fourth-order valence-electron chi connectivity index (χ4n) is 2.57. The highest BCUT2D eigenvalue weighted by atomic mass is 19.4. The second kappa shape index (κ2) is 6.64. The molecule has 1 aliphatic rings. The smallest absolute Gasteiger partial charge is 0.416 e. The van der Waals surface area contributed by atoms with Crippen LogP contribution >= 0.6 is 0 Å². The van der Waals surface area contributed by atoms with Crippen molar-refractivity contribution >= 4 is 0 Å². The van der Waals surface area contributed by atoms with Crippen LogP contribution in [0.1, 0.15) is 17.2 Å². The monoisotopic (exact) mass is 304 g/mol. The van der Waals surface area contributed by atoms with E-state index in [1.807, 2.05) is 4.90 Å². The lowest BCUT2D eigenvalue weighted by atomic mass is 10.0. The number of alkyl halides is 3. The van der Waals surface area contributed by atoms with Crippen LogP contribution in [0.3, 0.4) is 0 Å². The Morgan fingerprint density at radius 2 is 2.00 bits per heavy atom. The summed E-state index contributed by atoms with van der Waals surface area (Å²) in [6.07, 6.45) is -4.41. The third-order valence-corrected chi connectivity index (χ3v) is 3.69. The summed E-state index contributed by atoms with van der Waals surface area (Å²) in [6, 6.07) is 3.05. The Kier molecular flexibility index (Phi) is 5.08. The van der Waals surface area contributed by atoms with Gasteiger partial charge in [0.2, 0.25) is 0 Å². The van der Waals surface area contributed by atoms with Crippen LogP contribution in [0.2, 0.25) is 0 Å². The van der Waals surface area contributed by atoms with Crippen molar-refractivity contribution in [2.45, 2.75) is 12.2 Å². The molecule has 1 fully saturated rings. The Morgan fingerprint density at radius 1 is 1.33 bits per heavy atom. The van der Waals surface area contributed by atoms with Gasteiger partial charge in [-0.3, -0.25) is 4.90 Å². The number of benzene rings is 1. The van der Waals surface area contributed by atoms with Gasteiger partial charge >= 0.3 is 6.18 Å². The van der Waals surface area contributed by atoms with Crippen LogP contribution in [0, 0.1) is 0 Å². The maximum atomic E-state index is 12.7. The summed E-state index contributed by atoms with van der Waals surface area (Å²) in [7, 11) is 1.34. The number of methoxy groups -OCH3 is 1. The molecule has 118 valence electrons. The summed E-state index contributed by atoms with van der Waals surface area (Å²) < 4.78 is 43.4. The molecule has 0 spiro atoms. The van der Waals surface area contributed by atoms with Gasteiger partial charge in [-0.15, -0.1) is 0 Å². The molecule has 2 N–H and O–H groups in total. The van der Waals surface area contributed by atoms with Gasteiger partial charge < -0.3 is 15.2 Å². The molecule has 1 aromatic rings. The van der Waals surface area contributed by atoms with E-state index in [1.54, 1.807) is 0 Å². The number of aliphatic hydroxyl groups excluding tert-OH is 1.